The van der Waals surface area contributed by atoms with Crippen LogP contribution in [-0.2, 0) is 4.79 Å². The summed E-state index contributed by atoms with van der Waals surface area (Å²) in [5.41, 5.74) is 0. The summed E-state index contributed by atoms with van der Waals surface area (Å²) >= 11 is 0. The molecule has 0 radical (unpaired) electrons. The average molecular weight is 175 g/mol. The zero-order chi connectivity index (χ0) is 10.8. The molecule has 0 aliphatic rings. The molecule has 0 aliphatic heterocycles. The molecule has 0 saturated carbocycles. The summed E-state index contributed by atoms with van der Waals surface area (Å²) in [6.45, 7) is 3.14. The monoisotopic (exact) mass is 175 g/mol. The molecule has 0 aliphatic carbocycles. The molecule has 0 heterocycles. The van der Waals surface area contributed by atoms with Gasteiger partial charge in [0.25, 0.3) is 0 Å². The van der Waals surface area contributed by atoms with Crippen LogP contribution in [-0.4, -0.2) is 12.5 Å². The highest BCUT2D eigenvalue weighted by atomic mass is 16.1. The van der Waals surface area contributed by atoms with Gasteiger partial charge in [0.2, 0.25) is 5.91 Å². The van der Waals surface area contributed by atoms with Crippen molar-refractivity contribution in [2.45, 2.75) is 46.4 Å². The molecule has 0 spiro atoms. The van der Waals surface area contributed by atoms with Gasteiger partial charge in [-0.05, 0) is 18.8 Å². The summed E-state index contributed by atoms with van der Waals surface area (Å²) in [6.07, 6.45) is 3.76. The minimum Gasteiger partial charge on any atom is -0.356 e. The Bertz CT molecular complexity index is 145. The third-order valence-corrected chi connectivity index (χ3v) is 1.86. The molecule has 0 aromatic carbocycles. The van der Waals surface area contributed by atoms with Crippen molar-refractivity contribution in [3.8, 4) is 0 Å². The van der Waals surface area contributed by atoms with Crippen LogP contribution in [0, 0.1) is 5.92 Å². The van der Waals surface area contributed by atoms with E-state index >= 15 is 0 Å². The molecule has 0 aromatic rings. The highest BCUT2D eigenvalue weighted by Gasteiger charge is 2.06. The molecule has 0 atom stereocenters. The largest absolute Gasteiger partial charge is 0.356 e. The van der Waals surface area contributed by atoms with Crippen molar-refractivity contribution in [3.05, 3.63) is 0 Å². The lowest BCUT2D eigenvalue weighted by Gasteiger charge is -2.14. The molecule has 12 heavy (non-hydrogen) atoms. The number of hydrogen-bond donors (Lipinski definition) is 1. The molecular weight excluding hydrogens is 150 g/mol. The minimum atomic E-state index is 0.00625. The third kappa shape index (κ3) is 6.20. The number of carbonyl (C=O) groups excluding carboxylic acids is 1. The van der Waals surface area contributed by atoms with Gasteiger partial charge < -0.3 is 5.32 Å². The molecule has 0 aromatic heterocycles. The molecule has 0 fully saturated rings. The van der Waals surface area contributed by atoms with Crippen molar-refractivity contribution in [1.29, 1.82) is 0 Å². The predicted octanol–water partition coefficient (Wildman–Crippen LogP) is 2.34. The number of nitrogens with one attached hydrogen (secondary N) is 1. The predicted molar refractivity (Wildman–Crippen MR) is 52.0 cm³/mol. The normalized spacial score (nSPS) is 12.5. The second-order valence-electron chi connectivity index (χ2n) is 3.09. The van der Waals surface area contributed by atoms with Gasteiger partial charge in [-0.15, -0.1) is 0 Å². The summed E-state index contributed by atoms with van der Waals surface area (Å²) in [5, 5.41) is 2.80. The Morgan fingerprint density at radius 2 is 2.00 bits per heavy atom. The van der Waals surface area contributed by atoms with Crippen molar-refractivity contribution in [1.82, 2.24) is 5.32 Å². The molecule has 0 bridgehead atoms. The molecule has 72 valence electrons. The topological polar surface area (TPSA) is 29.1 Å². The van der Waals surface area contributed by atoms with Gasteiger partial charge in [-0.2, -0.15) is 0 Å². The first kappa shape index (κ1) is 8.09. The number of carbonyl (C=O) groups is 1. The van der Waals surface area contributed by atoms with E-state index < -0.39 is 0 Å². The van der Waals surface area contributed by atoms with E-state index in [1.807, 2.05) is 0 Å². The van der Waals surface area contributed by atoms with Crippen molar-refractivity contribution in [2.75, 3.05) is 6.54 Å². The lowest BCUT2D eigenvalue weighted by Crippen LogP contribution is -2.26. The fraction of sp³-hybridized carbons (Fsp3) is 0.900. The van der Waals surface area contributed by atoms with Gasteiger partial charge >= 0.3 is 0 Å². The van der Waals surface area contributed by atoms with Crippen molar-refractivity contribution in [2.24, 2.45) is 5.92 Å². The van der Waals surface area contributed by atoms with E-state index in [4.69, 9.17) is 2.74 Å². The van der Waals surface area contributed by atoms with Crippen LogP contribution in [0.25, 0.3) is 0 Å². The lowest BCUT2D eigenvalue weighted by atomic mass is 9.98. The molecule has 2 heteroatoms. The first-order valence-electron chi connectivity index (χ1n) is 5.95. The van der Waals surface area contributed by atoms with Crippen LogP contribution in [0.15, 0.2) is 0 Å². The maximum Gasteiger partial charge on any atom is 0.216 e. The van der Waals surface area contributed by atoms with E-state index in [1.165, 1.54) is 6.92 Å². The van der Waals surface area contributed by atoms with Crippen molar-refractivity contribution in [3.63, 3.8) is 0 Å². The standard InChI is InChI=1S/C10H21NO/c1-4-6-10(7-5-2)8-11-9(3)12/h10H,4-8H2,1-3H3,(H,11,12)/i1T,2T. The van der Waals surface area contributed by atoms with E-state index in [1.54, 1.807) is 0 Å². The van der Waals surface area contributed by atoms with Crippen LogP contribution in [0.5, 0.6) is 0 Å². The van der Waals surface area contributed by atoms with Gasteiger partial charge in [-0.25, -0.2) is 0 Å². The first-order valence-corrected chi connectivity index (χ1v) is 4.53. The van der Waals surface area contributed by atoms with Gasteiger partial charge in [0.15, 0.2) is 0 Å². The van der Waals surface area contributed by atoms with Crippen LogP contribution in [0.1, 0.15) is 49.1 Å². The molecule has 0 unspecified atom stereocenters. The van der Waals surface area contributed by atoms with Gasteiger partial charge in [-0.3, -0.25) is 4.79 Å². The number of rotatable bonds is 6. The van der Waals surface area contributed by atoms with Gasteiger partial charge in [0.1, 0.15) is 0 Å². The van der Waals surface area contributed by atoms with E-state index in [9.17, 15) is 4.79 Å². The quantitative estimate of drug-likeness (QED) is 0.659. The van der Waals surface area contributed by atoms with Crippen LogP contribution >= 0.6 is 0 Å². The molecule has 1 N–H and O–H groups in total. The Labute approximate surface area is 78.5 Å². The van der Waals surface area contributed by atoms with Gasteiger partial charge in [0.05, 0.1) is 0 Å². The third-order valence-electron chi connectivity index (χ3n) is 1.86. The second kappa shape index (κ2) is 7.14. The highest BCUT2D eigenvalue weighted by Crippen LogP contribution is 2.11. The Morgan fingerprint density at radius 3 is 2.42 bits per heavy atom. The van der Waals surface area contributed by atoms with Gasteiger partial charge in [0, 0.05) is 16.2 Å². The fourth-order valence-electron chi connectivity index (χ4n) is 1.21. The smallest absolute Gasteiger partial charge is 0.216 e. The summed E-state index contributed by atoms with van der Waals surface area (Å²) in [7, 11) is 0. The number of hydrogen-bond acceptors (Lipinski definition) is 1. The molecular formula is C10H21NO. The average Bonchev–Trinajstić information content (AvgIpc) is 2.16. The Balaban J connectivity index is 3.65. The lowest BCUT2D eigenvalue weighted by molar-refractivity contribution is -0.119. The maximum atomic E-state index is 10.7. The van der Waals surface area contributed by atoms with Crippen LogP contribution < -0.4 is 5.32 Å². The summed E-state index contributed by atoms with van der Waals surface area (Å²) in [5.74, 6) is 0.460. The zero-order valence-corrected chi connectivity index (χ0v) is 7.94. The number of amides is 1. The SMILES string of the molecule is [3H]CCCC(CCC[3H])CNC(C)=O. The summed E-state index contributed by atoms with van der Waals surface area (Å²) in [6, 6.07) is 0. The van der Waals surface area contributed by atoms with Crippen molar-refractivity contribution < 1.29 is 7.54 Å². The minimum absolute atomic E-state index is 0.00625. The van der Waals surface area contributed by atoms with E-state index in [2.05, 4.69) is 5.32 Å². The van der Waals surface area contributed by atoms with Crippen LogP contribution in [0.3, 0.4) is 0 Å². The Morgan fingerprint density at radius 1 is 1.42 bits per heavy atom. The maximum absolute atomic E-state index is 10.7. The van der Waals surface area contributed by atoms with E-state index in [0.29, 0.717) is 26.3 Å². The van der Waals surface area contributed by atoms with E-state index in [-0.39, 0.29) is 5.91 Å². The van der Waals surface area contributed by atoms with Crippen LogP contribution in [0.4, 0.5) is 0 Å². The molecule has 2 nitrogen and oxygen atoms in total. The van der Waals surface area contributed by atoms with Crippen molar-refractivity contribution >= 4 is 5.91 Å². The molecule has 0 saturated heterocycles. The van der Waals surface area contributed by atoms with E-state index in [0.717, 1.165) is 25.7 Å². The fourth-order valence-corrected chi connectivity index (χ4v) is 1.21. The van der Waals surface area contributed by atoms with Crippen LogP contribution in [0.2, 0.25) is 0 Å². The van der Waals surface area contributed by atoms with Gasteiger partial charge in [-0.1, -0.05) is 26.6 Å². The summed E-state index contributed by atoms with van der Waals surface area (Å²) in [4.78, 5) is 10.7. The molecule has 1 amide bonds. The Hall–Kier alpha value is -0.530. The summed E-state index contributed by atoms with van der Waals surface area (Å²) < 4.78 is 14.1. The zero-order valence-electron chi connectivity index (χ0n) is 9.94. The first-order chi connectivity index (χ1) is 6.70. The Kier molecular flexibility index (Phi) is 4.81. The molecule has 0 rings (SSSR count). The second-order valence-corrected chi connectivity index (χ2v) is 3.09. The highest BCUT2D eigenvalue weighted by molar-refractivity contribution is 5.72.